The first kappa shape index (κ1) is 12.8. The number of halogens is 1. The van der Waals surface area contributed by atoms with Crippen molar-refractivity contribution in [2.24, 2.45) is 0 Å². The van der Waals surface area contributed by atoms with Crippen molar-refractivity contribution in [3.8, 4) is 0 Å². The number of amides is 1. The SMILES string of the molecule is O=C1c2cc(Cl)ccc2CCN1c1cnccc1C1CC1. The van der Waals surface area contributed by atoms with Gasteiger partial charge in [0.1, 0.15) is 0 Å². The molecule has 4 rings (SSSR count). The summed E-state index contributed by atoms with van der Waals surface area (Å²) in [6.45, 7) is 0.707. The van der Waals surface area contributed by atoms with Gasteiger partial charge in [-0.1, -0.05) is 17.7 Å². The maximum absolute atomic E-state index is 12.8. The Morgan fingerprint density at radius 3 is 2.90 bits per heavy atom. The van der Waals surface area contributed by atoms with Crippen molar-refractivity contribution in [3.05, 3.63) is 58.4 Å². The van der Waals surface area contributed by atoms with Crippen LogP contribution in [0.4, 0.5) is 5.69 Å². The number of anilines is 1. The van der Waals surface area contributed by atoms with Crippen LogP contribution < -0.4 is 4.90 Å². The van der Waals surface area contributed by atoms with Crippen molar-refractivity contribution < 1.29 is 4.79 Å². The molecule has 1 fully saturated rings. The van der Waals surface area contributed by atoms with Gasteiger partial charge in [0.05, 0.1) is 11.9 Å². The van der Waals surface area contributed by atoms with E-state index in [1.54, 1.807) is 6.07 Å². The van der Waals surface area contributed by atoms with Crippen LogP contribution >= 0.6 is 11.6 Å². The second kappa shape index (κ2) is 4.85. The molecule has 1 aromatic carbocycles. The first-order valence-electron chi connectivity index (χ1n) is 7.28. The van der Waals surface area contributed by atoms with Gasteiger partial charge in [-0.2, -0.15) is 0 Å². The van der Waals surface area contributed by atoms with E-state index < -0.39 is 0 Å². The van der Waals surface area contributed by atoms with Gasteiger partial charge >= 0.3 is 0 Å². The third kappa shape index (κ3) is 2.22. The number of hydrogen-bond donors (Lipinski definition) is 0. The van der Waals surface area contributed by atoms with Crippen molar-refractivity contribution in [2.45, 2.75) is 25.2 Å². The first-order valence-corrected chi connectivity index (χ1v) is 7.66. The molecule has 0 spiro atoms. The summed E-state index contributed by atoms with van der Waals surface area (Å²) in [4.78, 5) is 18.9. The molecular weight excluding hydrogens is 284 g/mol. The fraction of sp³-hybridized carbons (Fsp3) is 0.294. The average Bonchev–Trinajstić information content (AvgIpc) is 3.33. The van der Waals surface area contributed by atoms with E-state index in [1.165, 1.54) is 18.4 Å². The lowest BCUT2D eigenvalue weighted by atomic mass is 9.97. The highest BCUT2D eigenvalue weighted by molar-refractivity contribution is 6.31. The Balaban J connectivity index is 1.76. The average molecular weight is 299 g/mol. The van der Waals surface area contributed by atoms with Crippen LogP contribution in [0, 0.1) is 0 Å². The van der Waals surface area contributed by atoms with Crippen LogP contribution in [0.1, 0.15) is 40.2 Å². The molecule has 2 aliphatic rings. The Morgan fingerprint density at radius 1 is 1.24 bits per heavy atom. The lowest BCUT2D eigenvalue weighted by molar-refractivity contribution is 0.0980. The Labute approximate surface area is 128 Å². The lowest BCUT2D eigenvalue weighted by Crippen LogP contribution is -2.38. The topological polar surface area (TPSA) is 33.2 Å². The third-order valence-corrected chi connectivity index (χ3v) is 4.53. The third-order valence-electron chi connectivity index (χ3n) is 4.29. The lowest BCUT2D eigenvalue weighted by Gasteiger charge is -2.30. The van der Waals surface area contributed by atoms with E-state index in [1.807, 2.05) is 35.5 Å². The van der Waals surface area contributed by atoms with Crippen LogP contribution in [0.5, 0.6) is 0 Å². The number of pyridine rings is 1. The number of carbonyl (C=O) groups is 1. The van der Waals surface area contributed by atoms with E-state index in [0.29, 0.717) is 17.5 Å². The van der Waals surface area contributed by atoms with Gasteiger partial charge in [-0.25, -0.2) is 0 Å². The maximum Gasteiger partial charge on any atom is 0.258 e. The van der Waals surface area contributed by atoms with Gasteiger partial charge in [-0.05, 0) is 54.5 Å². The molecule has 0 unspecified atom stereocenters. The predicted molar refractivity (Wildman–Crippen MR) is 83.0 cm³/mol. The van der Waals surface area contributed by atoms with Gasteiger partial charge in [0, 0.05) is 23.3 Å². The van der Waals surface area contributed by atoms with Gasteiger partial charge in [-0.15, -0.1) is 0 Å². The van der Waals surface area contributed by atoms with Crippen molar-refractivity contribution in [2.75, 3.05) is 11.4 Å². The number of nitrogens with zero attached hydrogens (tertiary/aromatic N) is 2. The summed E-state index contributed by atoms with van der Waals surface area (Å²) in [5.41, 5.74) is 4.02. The number of hydrogen-bond acceptors (Lipinski definition) is 2. The zero-order valence-corrected chi connectivity index (χ0v) is 12.3. The smallest absolute Gasteiger partial charge is 0.258 e. The molecule has 1 aliphatic carbocycles. The van der Waals surface area contributed by atoms with Crippen molar-refractivity contribution in [3.63, 3.8) is 0 Å². The molecule has 21 heavy (non-hydrogen) atoms. The molecule has 1 amide bonds. The molecule has 3 nitrogen and oxygen atoms in total. The maximum atomic E-state index is 12.8. The number of carbonyl (C=O) groups excluding carboxylic acids is 1. The van der Waals surface area contributed by atoms with Crippen LogP contribution in [-0.2, 0) is 6.42 Å². The minimum Gasteiger partial charge on any atom is -0.306 e. The Morgan fingerprint density at radius 2 is 2.10 bits per heavy atom. The first-order chi connectivity index (χ1) is 10.2. The van der Waals surface area contributed by atoms with Crippen LogP contribution in [0.15, 0.2) is 36.7 Å². The summed E-state index contributed by atoms with van der Waals surface area (Å²) < 4.78 is 0. The Hall–Kier alpha value is -1.87. The van der Waals surface area contributed by atoms with Crippen LogP contribution in [0.2, 0.25) is 5.02 Å². The van der Waals surface area contributed by atoms with Gasteiger partial charge in [0.25, 0.3) is 5.91 Å². The number of benzene rings is 1. The summed E-state index contributed by atoms with van der Waals surface area (Å²) in [7, 11) is 0. The Bertz CT molecular complexity index is 724. The summed E-state index contributed by atoms with van der Waals surface area (Å²) in [5.74, 6) is 0.630. The highest BCUT2D eigenvalue weighted by atomic mass is 35.5. The van der Waals surface area contributed by atoms with E-state index in [4.69, 9.17) is 11.6 Å². The highest BCUT2D eigenvalue weighted by Crippen LogP contribution is 2.44. The molecule has 0 saturated heterocycles. The summed E-state index contributed by atoms with van der Waals surface area (Å²) >= 11 is 6.04. The number of fused-ring (bicyclic) bond motifs is 1. The molecule has 0 atom stereocenters. The van der Waals surface area contributed by atoms with E-state index in [-0.39, 0.29) is 5.91 Å². The van der Waals surface area contributed by atoms with Gasteiger partial charge in [0.2, 0.25) is 0 Å². The quantitative estimate of drug-likeness (QED) is 0.844. The molecule has 2 heterocycles. The monoisotopic (exact) mass is 298 g/mol. The second-order valence-electron chi connectivity index (χ2n) is 5.72. The van der Waals surface area contributed by atoms with Gasteiger partial charge < -0.3 is 4.90 Å². The molecule has 106 valence electrons. The molecule has 2 aromatic rings. The minimum atomic E-state index is 0.0358. The van der Waals surface area contributed by atoms with Crippen molar-refractivity contribution in [1.29, 1.82) is 0 Å². The fourth-order valence-electron chi connectivity index (χ4n) is 3.04. The molecule has 4 heteroatoms. The number of rotatable bonds is 2. The van der Waals surface area contributed by atoms with Crippen molar-refractivity contribution >= 4 is 23.2 Å². The van der Waals surface area contributed by atoms with Crippen LogP contribution in [0.25, 0.3) is 0 Å². The van der Waals surface area contributed by atoms with Gasteiger partial charge in [0.15, 0.2) is 0 Å². The molecular formula is C17H15ClN2O. The summed E-state index contributed by atoms with van der Waals surface area (Å²) in [6, 6.07) is 7.63. The van der Waals surface area contributed by atoms with Crippen LogP contribution in [-0.4, -0.2) is 17.4 Å². The molecule has 0 radical (unpaired) electrons. The molecule has 0 N–H and O–H groups in total. The number of aromatic nitrogens is 1. The zero-order valence-electron chi connectivity index (χ0n) is 11.6. The summed E-state index contributed by atoms with van der Waals surface area (Å²) in [5, 5.41) is 0.609. The van der Waals surface area contributed by atoms with Crippen LogP contribution in [0.3, 0.4) is 0 Å². The standard InChI is InChI=1S/C17H15ClN2O/c18-13-4-3-12-6-8-20(17(21)15(12)9-13)16-10-19-7-5-14(16)11-1-2-11/h3-5,7,9-11H,1-2,6,8H2. The van der Waals surface area contributed by atoms with Gasteiger partial charge in [-0.3, -0.25) is 9.78 Å². The van der Waals surface area contributed by atoms with E-state index in [9.17, 15) is 4.79 Å². The predicted octanol–water partition coefficient (Wildman–Crippen LogP) is 3.82. The fourth-order valence-corrected chi connectivity index (χ4v) is 3.21. The Kier molecular flexibility index (Phi) is 2.96. The normalized spacial score (nSPS) is 17.8. The zero-order chi connectivity index (χ0) is 14.4. The molecule has 1 saturated carbocycles. The summed E-state index contributed by atoms with van der Waals surface area (Å²) in [6.07, 6.45) is 6.91. The largest absolute Gasteiger partial charge is 0.306 e. The highest BCUT2D eigenvalue weighted by Gasteiger charge is 2.32. The minimum absolute atomic E-state index is 0.0358. The van der Waals surface area contributed by atoms with E-state index >= 15 is 0 Å². The van der Waals surface area contributed by atoms with E-state index in [2.05, 4.69) is 4.98 Å². The molecule has 0 bridgehead atoms. The molecule has 1 aliphatic heterocycles. The van der Waals surface area contributed by atoms with E-state index in [0.717, 1.165) is 23.2 Å². The second-order valence-corrected chi connectivity index (χ2v) is 6.15. The molecule has 1 aromatic heterocycles. The van der Waals surface area contributed by atoms with Crippen molar-refractivity contribution in [1.82, 2.24) is 4.98 Å².